The molecule has 1 saturated heterocycles. The van der Waals surface area contributed by atoms with Gasteiger partial charge in [-0.15, -0.1) is 0 Å². The van der Waals surface area contributed by atoms with Crippen LogP contribution in [0, 0.1) is 0 Å². The van der Waals surface area contributed by atoms with Crippen molar-refractivity contribution in [3.8, 4) is 0 Å². The molecule has 1 aliphatic heterocycles. The first-order valence-corrected chi connectivity index (χ1v) is 5.24. The molecule has 0 N–H and O–H groups in total. The zero-order valence-electron chi connectivity index (χ0n) is 8.55. The first-order chi connectivity index (χ1) is 5.83. The third-order valence-corrected chi connectivity index (χ3v) is 2.53. The van der Waals surface area contributed by atoms with Gasteiger partial charge in [-0.2, -0.15) is 0 Å². The fraction of sp³-hybridized carbons (Fsp3) is 1.00. The van der Waals surface area contributed by atoms with Crippen molar-refractivity contribution in [3.05, 3.63) is 0 Å². The lowest BCUT2D eigenvalue weighted by atomic mass is 10.2. The van der Waals surface area contributed by atoms with Crippen LogP contribution in [0.2, 0.25) is 0 Å². The molecule has 1 aliphatic rings. The van der Waals surface area contributed by atoms with Crippen LogP contribution in [-0.2, 0) is 0 Å². The van der Waals surface area contributed by atoms with Gasteiger partial charge in [-0.25, -0.2) is 0 Å². The summed E-state index contributed by atoms with van der Waals surface area (Å²) < 4.78 is 0. The molecule has 0 amide bonds. The van der Waals surface area contributed by atoms with E-state index in [0.29, 0.717) is 0 Å². The van der Waals surface area contributed by atoms with Crippen molar-refractivity contribution in [1.82, 2.24) is 9.80 Å². The fourth-order valence-electron chi connectivity index (χ4n) is 1.82. The van der Waals surface area contributed by atoms with Crippen LogP contribution in [0.5, 0.6) is 0 Å². The molecule has 0 aromatic rings. The van der Waals surface area contributed by atoms with E-state index in [-0.39, 0.29) is 0 Å². The molecule has 0 aromatic carbocycles. The highest BCUT2D eigenvalue weighted by molar-refractivity contribution is 4.65. The van der Waals surface area contributed by atoms with E-state index in [4.69, 9.17) is 0 Å². The van der Waals surface area contributed by atoms with E-state index in [1.165, 1.54) is 52.0 Å². The molecule has 2 heteroatoms. The van der Waals surface area contributed by atoms with Crippen LogP contribution in [0.15, 0.2) is 0 Å². The average Bonchev–Trinajstić information content (AvgIpc) is 2.05. The molecular weight excluding hydrogens is 148 g/mol. The monoisotopic (exact) mass is 170 g/mol. The van der Waals surface area contributed by atoms with E-state index in [1.54, 1.807) is 0 Å². The molecule has 0 bridgehead atoms. The SMILES string of the molecule is CCCCCN1CCCN(C)C1. The predicted octanol–water partition coefficient (Wildman–Crippen LogP) is 1.77. The Balaban J connectivity index is 2.06. The molecule has 1 heterocycles. The minimum Gasteiger partial charge on any atom is -0.293 e. The molecule has 0 spiro atoms. The van der Waals surface area contributed by atoms with Crippen molar-refractivity contribution in [2.75, 3.05) is 33.4 Å². The molecule has 0 saturated carbocycles. The van der Waals surface area contributed by atoms with Crippen LogP contribution in [-0.4, -0.2) is 43.2 Å². The summed E-state index contributed by atoms with van der Waals surface area (Å²) in [5.41, 5.74) is 0. The number of hydrogen-bond donors (Lipinski definition) is 0. The Morgan fingerprint density at radius 2 is 2.00 bits per heavy atom. The van der Waals surface area contributed by atoms with Crippen molar-refractivity contribution >= 4 is 0 Å². The first-order valence-electron chi connectivity index (χ1n) is 5.24. The normalized spacial score (nSPS) is 21.5. The molecule has 0 atom stereocenters. The van der Waals surface area contributed by atoms with Crippen molar-refractivity contribution in [1.29, 1.82) is 0 Å². The third-order valence-electron chi connectivity index (χ3n) is 2.53. The highest BCUT2D eigenvalue weighted by atomic mass is 15.3. The highest BCUT2D eigenvalue weighted by Gasteiger charge is 2.12. The Kier molecular flexibility index (Phi) is 4.62. The van der Waals surface area contributed by atoms with Crippen molar-refractivity contribution in [3.63, 3.8) is 0 Å². The Morgan fingerprint density at radius 1 is 1.17 bits per heavy atom. The molecule has 0 radical (unpaired) electrons. The van der Waals surface area contributed by atoms with E-state index in [1.807, 2.05) is 0 Å². The van der Waals surface area contributed by atoms with Gasteiger partial charge in [-0.1, -0.05) is 19.8 Å². The highest BCUT2D eigenvalue weighted by Crippen LogP contribution is 2.05. The Labute approximate surface area is 76.5 Å². The first kappa shape index (κ1) is 10.0. The van der Waals surface area contributed by atoms with Crippen LogP contribution < -0.4 is 0 Å². The smallest absolute Gasteiger partial charge is 0.0503 e. The minimum atomic E-state index is 1.18. The van der Waals surface area contributed by atoms with E-state index >= 15 is 0 Å². The van der Waals surface area contributed by atoms with Crippen LogP contribution in [0.3, 0.4) is 0 Å². The lowest BCUT2D eigenvalue weighted by Gasteiger charge is -2.33. The van der Waals surface area contributed by atoms with Gasteiger partial charge in [0.25, 0.3) is 0 Å². The van der Waals surface area contributed by atoms with Crippen LogP contribution in [0.4, 0.5) is 0 Å². The van der Waals surface area contributed by atoms with Gasteiger partial charge in [0.2, 0.25) is 0 Å². The molecule has 0 aliphatic carbocycles. The maximum Gasteiger partial charge on any atom is 0.0503 e. The predicted molar refractivity (Wildman–Crippen MR) is 53.2 cm³/mol. The molecule has 0 aromatic heterocycles. The lowest BCUT2D eigenvalue weighted by molar-refractivity contribution is 0.106. The molecule has 2 nitrogen and oxygen atoms in total. The summed E-state index contributed by atoms with van der Waals surface area (Å²) in [7, 11) is 2.21. The second kappa shape index (κ2) is 5.55. The van der Waals surface area contributed by atoms with E-state index in [2.05, 4.69) is 23.8 Å². The molecule has 1 rings (SSSR count). The summed E-state index contributed by atoms with van der Waals surface area (Å²) in [5.74, 6) is 0. The van der Waals surface area contributed by atoms with Crippen LogP contribution in [0.1, 0.15) is 32.6 Å². The molecule has 0 unspecified atom stereocenters. The summed E-state index contributed by atoms with van der Waals surface area (Å²) in [5, 5.41) is 0. The van der Waals surface area contributed by atoms with Crippen molar-refractivity contribution in [2.24, 2.45) is 0 Å². The van der Waals surface area contributed by atoms with Crippen LogP contribution in [0.25, 0.3) is 0 Å². The maximum absolute atomic E-state index is 2.57. The summed E-state index contributed by atoms with van der Waals surface area (Å²) >= 11 is 0. The summed E-state index contributed by atoms with van der Waals surface area (Å²) in [6, 6.07) is 0. The third kappa shape index (κ3) is 3.55. The summed E-state index contributed by atoms with van der Waals surface area (Å²) in [4.78, 5) is 4.98. The Bertz CT molecular complexity index is 114. The number of hydrogen-bond acceptors (Lipinski definition) is 2. The number of nitrogens with zero attached hydrogens (tertiary/aromatic N) is 2. The zero-order chi connectivity index (χ0) is 8.81. The Morgan fingerprint density at radius 3 is 2.67 bits per heavy atom. The average molecular weight is 170 g/mol. The quantitative estimate of drug-likeness (QED) is 0.593. The molecule has 1 fully saturated rings. The van der Waals surface area contributed by atoms with Gasteiger partial charge in [0.05, 0.1) is 6.67 Å². The minimum absolute atomic E-state index is 1.18. The van der Waals surface area contributed by atoms with Gasteiger partial charge in [-0.3, -0.25) is 9.80 Å². The van der Waals surface area contributed by atoms with E-state index in [9.17, 15) is 0 Å². The molecule has 72 valence electrons. The lowest BCUT2D eigenvalue weighted by Crippen LogP contribution is -2.42. The topological polar surface area (TPSA) is 6.48 Å². The Hall–Kier alpha value is -0.0800. The van der Waals surface area contributed by atoms with Gasteiger partial charge in [-0.05, 0) is 26.4 Å². The van der Waals surface area contributed by atoms with Gasteiger partial charge in [0.1, 0.15) is 0 Å². The number of rotatable bonds is 4. The van der Waals surface area contributed by atoms with Gasteiger partial charge < -0.3 is 0 Å². The standard InChI is InChI=1S/C10H22N2/c1-3-4-5-8-12-9-6-7-11(2)10-12/h3-10H2,1-2H3. The van der Waals surface area contributed by atoms with E-state index in [0.717, 1.165) is 0 Å². The van der Waals surface area contributed by atoms with Crippen molar-refractivity contribution in [2.45, 2.75) is 32.6 Å². The van der Waals surface area contributed by atoms with Crippen molar-refractivity contribution < 1.29 is 0 Å². The zero-order valence-corrected chi connectivity index (χ0v) is 8.55. The van der Waals surface area contributed by atoms with Gasteiger partial charge >= 0.3 is 0 Å². The number of unbranched alkanes of at least 4 members (excludes halogenated alkanes) is 2. The van der Waals surface area contributed by atoms with Crippen LogP contribution >= 0.6 is 0 Å². The fourth-order valence-corrected chi connectivity index (χ4v) is 1.82. The molecular formula is C10H22N2. The maximum atomic E-state index is 2.57. The summed E-state index contributed by atoms with van der Waals surface area (Å²) in [6.07, 6.45) is 5.46. The second-order valence-corrected chi connectivity index (χ2v) is 3.90. The molecule has 12 heavy (non-hydrogen) atoms. The van der Waals surface area contributed by atoms with Gasteiger partial charge in [0.15, 0.2) is 0 Å². The van der Waals surface area contributed by atoms with E-state index < -0.39 is 0 Å². The second-order valence-electron chi connectivity index (χ2n) is 3.90. The largest absolute Gasteiger partial charge is 0.293 e. The van der Waals surface area contributed by atoms with Gasteiger partial charge in [0, 0.05) is 13.1 Å². The summed E-state index contributed by atoms with van der Waals surface area (Å²) in [6.45, 7) is 7.35.